The molecule has 2 rings (SSSR count). The van der Waals surface area contributed by atoms with Crippen molar-refractivity contribution >= 4 is 17.6 Å². The van der Waals surface area contributed by atoms with Gasteiger partial charge in [0.25, 0.3) is 11.6 Å². The first-order valence-corrected chi connectivity index (χ1v) is 5.04. The molecule has 0 aliphatic carbocycles. The third-order valence-electron chi connectivity index (χ3n) is 2.49. The molecule has 1 aliphatic rings. The predicted molar refractivity (Wildman–Crippen MR) is 57.5 cm³/mol. The standard InChI is InChI=1S/C10H8FN3O4/c11-8-2-1-6(14(17)18)5-7(8)9(15)13-4-3-12-10(13)16/h1-2,5H,3-4H2,(H,12,16). The Kier molecular flexibility index (Phi) is 2.92. The molecule has 18 heavy (non-hydrogen) atoms. The van der Waals surface area contributed by atoms with Crippen molar-refractivity contribution in [3.63, 3.8) is 0 Å². The summed E-state index contributed by atoms with van der Waals surface area (Å²) in [5.74, 6) is -1.78. The molecule has 1 aromatic carbocycles. The topological polar surface area (TPSA) is 92.6 Å². The van der Waals surface area contributed by atoms with E-state index in [4.69, 9.17) is 0 Å². The van der Waals surface area contributed by atoms with E-state index in [2.05, 4.69) is 5.32 Å². The van der Waals surface area contributed by atoms with E-state index >= 15 is 0 Å². The highest BCUT2D eigenvalue weighted by Crippen LogP contribution is 2.19. The maximum Gasteiger partial charge on any atom is 0.324 e. The summed E-state index contributed by atoms with van der Waals surface area (Å²) in [6, 6.07) is 1.98. The summed E-state index contributed by atoms with van der Waals surface area (Å²) < 4.78 is 13.5. The third-order valence-corrected chi connectivity index (χ3v) is 2.49. The zero-order chi connectivity index (χ0) is 13.3. The first-order valence-electron chi connectivity index (χ1n) is 5.04. The number of nitrogens with one attached hydrogen (secondary N) is 1. The molecule has 0 atom stereocenters. The van der Waals surface area contributed by atoms with Crippen LogP contribution in [-0.2, 0) is 0 Å². The van der Waals surface area contributed by atoms with E-state index in [-0.39, 0.29) is 13.1 Å². The quantitative estimate of drug-likeness (QED) is 0.626. The second-order valence-corrected chi connectivity index (χ2v) is 3.61. The van der Waals surface area contributed by atoms with Crippen LogP contribution in [0.15, 0.2) is 18.2 Å². The van der Waals surface area contributed by atoms with Gasteiger partial charge in [-0.05, 0) is 6.07 Å². The summed E-state index contributed by atoms with van der Waals surface area (Å²) in [6.45, 7) is 0.390. The first-order chi connectivity index (χ1) is 8.50. The molecule has 1 heterocycles. The van der Waals surface area contributed by atoms with Gasteiger partial charge in [0.05, 0.1) is 10.5 Å². The molecule has 0 radical (unpaired) electrons. The Balaban J connectivity index is 2.37. The van der Waals surface area contributed by atoms with Crippen molar-refractivity contribution in [2.45, 2.75) is 0 Å². The summed E-state index contributed by atoms with van der Waals surface area (Å²) in [4.78, 5) is 33.7. The van der Waals surface area contributed by atoms with Crippen LogP contribution in [0.2, 0.25) is 0 Å². The van der Waals surface area contributed by atoms with Crippen molar-refractivity contribution in [2.24, 2.45) is 0 Å². The van der Waals surface area contributed by atoms with Gasteiger partial charge in [0.1, 0.15) is 5.82 Å². The lowest BCUT2D eigenvalue weighted by molar-refractivity contribution is -0.384. The largest absolute Gasteiger partial charge is 0.336 e. The molecule has 1 fully saturated rings. The van der Waals surface area contributed by atoms with Crippen LogP contribution in [0.1, 0.15) is 10.4 Å². The van der Waals surface area contributed by atoms with Gasteiger partial charge in [-0.2, -0.15) is 0 Å². The molecule has 3 amide bonds. The number of nitro benzene ring substituents is 1. The van der Waals surface area contributed by atoms with E-state index in [1.54, 1.807) is 0 Å². The minimum Gasteiger partial charge on any atom is -0.336 e. The number of rotatable bonds is 2. The normalized spacial score (nSPS) is 14.5. The molecule has 7 nitrogen and oxygen atoms in total. The van der Waals surface area contributed by atoms with Crippen molar-refractivity contribution in [3.8, 4) is 0 Å². The fourth-order valence-corrected chi connectivity index (χ4v) is 1.60. The van der Waals surface area contributed by atoms with Crippen LogP contribution < -0.4 is 5.32 Å². The monoisotopic (exact) mass is 253 g/mol. The van der Waals surface area contributed by atoms with Crippen molar-refractivity contribution in [1.29, 1.82) is 0 Å². The number of non-ortho nitro benzene ring substituents is 1. The highest BCUT2D eigenvalue weighted by atomic mass is 19.1. The van der Waals surface area contributed by atoms with E-state index in [1.807, 2.05) is 0 Å². The van der Waals surface area contributed by atoms with Gasteiger partial charge in [0, 0.05) is 25.2 Å². The van der Waals surface area contributed by atoms with E-state index < -0.39 is 33.9 Å². The molecule has 1 N–H and O–H groups in total. The Labute approximate surface area is 100 Å². The lowest BCUT2D eigenvalue weighted by Crippen LogP contribution is -2.34. The number of hydrogen-bond donors (Lipinski definition) is 1. The van der Waals surface area contributed by atoms with Gasteiger partial charge in [-0.15, -0.1) is 0 Å². The summed E-state index contributed by atoms with van der Waals surface area (Å²) >= 11 is 0. The third kappa shape index (κ3) is 1.99. The number of hydrogen-bond acceptors (Lipinski definition) is 4. The Morgan fingerprint density at radius 3 is 2.78 bits per heavy atom. The molecule has 1 aromatic rings. The van der Waals surface area contributed by atoms with Crippen molar-refractivity contribution in [2.75, 3.05) is 13.1 Å². The number of benzene rings is 1. The number of nitro groups is 1. The van der Waals surface area contributed by atoms with Gasteiger partial charge in [-0.3, -0.25) is 19.8 Å². The molecule has 0 saturated carbocycles. The molecule has 0 spiro atoms. The van der Waals surface area contributed by atoms with Gasteiger partial charge >= 0.3 is 6.03 Å². The second kappa shape index (κ2) is 4.40. The SMILES string of the molecule is O=C1NCCN1C(=O)c1cc([N+](=O)[O-])ccc1F. The van der Waals surface area contributed by atoms with Crippen LogP contribution in [0.25, 0.3) is 0 Å². The summed E-state index contributed by atoms with van der Waals surface area (Å²) in [5, 5.41) is 12.9. The minimum absolute atomic E-state index is 0.111. The molecular formula is C10H8FN3O4. The van der Waals surface area contributed by atoms with E-state index in [0.29, 0.717) is 0 Å². The molecular weight excluding hydrogens is 245 g/mol. The van der Waals surface area contributed by atoms with Gasteiger partial charge in [0.2, 0.25) is 0 Å². The number of imide groups is 1. The first kappa shape index (κ1) is 12.0. The van der Waals surface area contributed by atoms with Crippen molar-refractivity contribution in [1.82, 2.24) is 10.2 Å². The molecule has 0 bridgehead atoms. The maximum absolute atomic E-state index is 13.5. The fraction of sp³-hybridized carbons (Fsp3) is 0.200. The number of amides is 3. The van der Waals surface area contributed by atoms with Gasteiger partial charge in [-0.1, -0.05) is 0 Å². The molecule has 8 heteroatoms. The molecule has 1 saturated heterocycles. The lowest BCUT2D eigenvalue weighted by atomic mass is 10.1. The Bertz CT molecular complexity index is 546. The zero-order valence-electron chi connectivity index (χ0n) is 9.05. The molecule has 94 valence electrons. The van der Waals surface area contributed by atoms with E-state index in [9.17, 15) is 24.1 Å². The van der Waals surface area contributed by atoms with Gasteiger partial charge < -0.3 is 5.32 Å². The summed E-state index contributed by atoms with van der Waals surface area (Å²) in [5.41, 5.74) is -0.888. The number of nitrogens with zero attached hydrogens (tertiary/aromatic N) is 2. The van der Waals surface area contributed by atoms with Gasteiger partial charge in [0.15, 0.2) is 0 Å². The molecule has 0 aromatic heterocycles. The average molecular weight is 253 g/mol. The number of carbonyl (C=O) groups excluding carboxylic acids is 2. The van der Waals surface area contributed by atoms with Crippen molar-refractivity contribution in [3.05, 3.63) is 39.7 Å². The van der Waals surface area contributed by atoms with Crippen LogP contribution in [0.4, 0.5) is 14.9 Å². The number of carbonyl (C=O) groups is 2. The Hall–Kier alpha value is -2.51. The second-order valence-electron chi connectivity index (χ2n) is 3.61. The minimum atomic E-state index is -0.898. The molecule has 0 unspecified atom stereocenters. The zero-order valence-corrected chi connectivity index (χ0v) is 9.05. The Morgan fingerprint density at radius 2 is 2.22 bits per heavy atom. The predicted octanol–water partition coefficient (Wildman–Crippen LogP) is 0.899. The maximum atomic E-state index is 13.5. The smallest absolute Gasteiger partial charge is 0.324 e. The van der Waals surface area contributed by atoms with E-state index in [0.717, 1.165) is 23.1 Å². The Morgan fingerprint density at radius 1 is 1.50 bits per heavy atom. The van der Waals surface area contributed by atoms with Crippen LogP contribution in [0, 0.1) is 15.9 Å². The van der Waals surface area contributed by atoms with Crippen LogP contribution >= 0.6 is 0 Å². The van der Waals surface area contributed by atoms with Crippen LogP contribution in [-0.4, -0.2) is 34.9 Å². The van der Waals surface area contributed by atoms with Crippen molar-refractivity contribution < 1.29 is 18.9 Å². The van der Waals surface area contributed by atoms with E-state index in [1.165, 1.54) is 0 Å². The summed E-state index contributed by atoms with van der Waals surface area (Å²) in [7, 11) is 0. The lowest BCUT2D eigenvalue weighted by Gasteiger charge is -2.12. The fourth-order valence-electron chi connectivity index (χ4n) is 1.60. The summed E-state index contributed by atoms with van der Waals surface area (Å²) in [6.07, 6.45) is 0. The average Bonchev–Trinajstić information content (AvgIpc) is 2.75. The highest BCUT2D eigenvalue weighted by molar-refractivity contribution is 6.05. The highest BCUT2D eigenvalue weighted by Gasteiger charge is 2.29. The van der Waals surface area contributed by atoms with Crippen LogP contribution in [0.3, 0.4) is 0 Å². The number of urea groups is 1. The number of halogens is 1. The van der Waals surface area contributed by atoms with Gasteiger partial charge in [-0.25, -0.2) is 9.18 Å². The van der Waals surface area contributed by atoms with Crippen LogP contribution in [0.5, 0.6) is 0 Å². The molecule has 1 aliphatic heterocycles.